The summed E-state index contributed by atoms with van der Waals surface area (Å²) >= 11 is 0. The summed E-state index contributed by atoms with van der Waals surface area (Å²) in [6.07, 6.45) is 6.85. The number of anilines is 2. The van der Waals surface area contributed by atoms with Gasteiger partial charge in [0.05, 0.1) is 5.69 Å². The molecule has 3 aromatic heterocycles. The third kappa shape index (κ3) is 5.38. The van der Waals surface area contributed by atoms with Crippen LogP contribution < -0.4 is 10.6 Å². The Balaban J connectivity index is 1.36. The quantitative estimate of drug-likeness (QED) is 0.449. The van der Waals surface area contributed by atoms with Crippen LogP contribution in [0.2, 0.25) is 0 Å². The van der Waals surface area contributed by atoms with Gasteiger partial charge in [0.25, 0.3) is 0 Å². The zero-order chi connectivity index (χ0) is 23.4. The molecule has 4 aromatic rings. The van der Waals surface area contributed by atoms with Crippen LogP contribution in [0.5, 0.6) is 0 Å². The van der Waals surface area contributed by atoms with E-state index in [9.17, 15) is 9.59 Å². The molecule has 0 aliphatic carbocycles. The number of nitrogens with one attached hydrogen (secondary N) is 2. The number of nitrogens with zero attached hydrogens (tertiary/aromatic N) is 5. The smallest absolute Gasteiger partial charge is 0.324 e. The van der Waals surface area contributed by atoms with Gasteiger partial charge < -0.3 is 14.6 Å². The van der Waals surface area contributed by atoms with Crippen LogP contribution in [0.4, 0.5) is 16.3 Å². The van der Waals surface area contributed by atoms with Crippen LogP contribution in [-0.2, 0) is 11.3 Å². The highest BCUT2D eigenvalue weighted by molar-refractivity contribution is 5.99. The van der Waals surface area contributed by atoms with Crippen LogP contribution >= 0.6 is 0 Å². The van der Waals surface area contributed by atoms with Gasteiger partial charge in [-0.15, -0.1) is 0 Å². The number of fused-ring (bicyclic) bond motifs is 1. The molecule has 9 heteroatoms. The highest BCUT2D eigenvalue weighted by Crippen LogP contribution is 2.23. The molecular weight excluding hydrogens is 418 g/mol. The first kappa shape index (κ1) is 22.1. The standard InChI is InChI=1S/C24H27N7O2/c1-17-7-5-12-30-16-20(26-23(17)30)18-8-4-9-19(15-18)25-24(33)27-21-11-14-31(28-21)13-6-10-22(32)29(2)3/h4-5,7-9,11-12,14-16H,6,10,13H2,1-3H3,(H2,25,27,28,33). The van der Waals surface area contributed by atoms with Crippen LogP contribution in [0.3, 0.4) is 0 Å². The molecule has 0 saturated heterocycles. The fourth-order valence-electron chi connectivity index (χ4n) is 3.50. The minimum atomic E-state index is -0.383. The summed E-state index contributed by atoms with van der Waals surface area (Å²) in [6.45, 7) is 2.63. The van der Waals surface area contributed by atoms with Crippen molar-refractivity contribution in [3.05, 3.63) is 66.6 Å². The van der Waals surface area contributed by atoms with Crippen molar-refractivity contribution in [2.75, 3.05) is 24.7 Å². The number of pyridine rings is 1. The number of aryl methyl sites for hydroxylation is 2. The van der Waals surface area contributed by atoms with Crippen LogP contribution in [0.25, 0.3) is 16.9 Å². The Labute approximate surface area is 192 Å². The van der Waals surface area contributed by atoms with Gasteiger partial charge >= 0.3 is 6.03 Å². The molecule has 2 N–H and O–H groups in total. The van der Waals surface area contributed by atoms with Gasteiger partial charge in [-0.2, -0.15) is 5.10 Å². The Bertz CT molecular complexity index is 1290. The second kappa shape index (κ2) is 9.56. The number of aromatic nitrogens is 4. The molecule has 33 heavy (non-hydrogen) atoms. The maximum Gasteiger partial charge on any atom is 0.324 e. The Hall–Kier alpha value is -4.14. The lowest BCUT2D eigenvalue weighted by Gasteiger charge is -2.09. The number of benzene rings is 1. The van der Waals surface area contributed by atoms with E-state index < -0.39 is 0 Å². The van der Waals surface area contributed by atoms with Crippen molar-refractivity contribution in [1.29, 1.82) is 0 Å². The van der Waals surface area contributed by atoms with E-state index in [2.05, 4.69) is 15.7 Å². The van der Waals surface area contributed by atoms with E-state index in [-0.39, 0.29) is 11.9 Å². The van der Waals surface area contributed by atoms with E-state index in [0.717, 1.165) is 22.5 Å². The SMILES string of the molecule is Cc1cccn2cc(-c3cccc(NC(=O)Nc4ccn(CCCC(=O)N(C)C)n4)c3)nc12. The first-order valence-corrected chi connectivity index (χ1v) is 10.8. The van der Waals surface area contributed by atoms with Crippen LogP contribution in [0, 0.1) is 6.92 Å². The highest BCUT2D eigenvalue weighted by atomic mass is 16.2. The molecule has 0 atom stereocenters. The number of amides is 3. The molecule has 3 amide bonds. The molecule has 0 aliphatic heterocycles. The molecule has 170 valence electrons. The summed E-state index contributed by atoms with van der Waals surface area (Å²) in [4.78, 5) is 30.4. The summed E-state index contributed by atoms with van der Waals surface area (Å²) < 4.78 is 3.70. The fourth-order valence-corrected chi connectivity index (χ4v) is 3.50. The van der Waals surface area contributed by atoms with Gasteiger partial charge in [0.15, 0.2) is 5.82 Å². The van der Waals surface area contributed by atoms with Crippen LogP contribution in [-0.4, -0.2) is 50.1 Å². The maximum atomic E-state index is 12.5. The summed E-state index contributed by atoms with van der Waals surface area (Å²) in [6, 6.07) is 12.9. The minimum Gasteiger partial charge on any atom is -0.349 e. The Morgan fingerprint density at radius 1 is 1.06 bits per heavy atom. The lowest BCUT2D eigenvalue weighted by molar-refractivity contribution is -0.128. The largest absolute Gasteiger partial charge is 0.349 e. The lowest BCUT2D eigenvalue weighted by Crippen LogP contribution is -2.21. The molecule has 0 unspecified atom stereocenters. The molecule has 0 saturated carbocycles. The maximum absolute atomic E-state index is 12.5. The second-order valence-electron chi connectivity index (χ2n) is 8.06. The third-order valence-electron chi connectivity index (χ3n) is 5.25. The lowest BCUT2D eigenvalue weighted by atomic mass is 10.1. The molecule has 0 spiro atoms. The third-order valence-corrected chi connectivity index (χ3v) is 5.25. The number of urea groups is 1. The van der Waals surface area contributed by atoms with Crippen LogP contribution in [0.15, 0.2) is 61.1 Å². The Morgan fingerprint density at radius 2 is 1.91 bits per heavy atom. The molecule has 9 nitrogen and oxygen atoms in total. The van der Waals surface area contributed by atoms with Gasteiger partial charge in [0, 0.05) is 63.0 Å². The molecular formula is C24H27N7O2. The minimum absolute atomic E-state index is 0.0842. The van der Waals surface area contributed by atoms with Crippen molar-refractivity contribution in [1.82, 2.24) is 24.1 Å². The van der Waals surface area contributed by atoms with Crippen molar-refractivity contribution in [3.63, 3.8) is 0 Å². The molecule has 0 aliphatic rings. The fraction of sp³-hybridized carbons (Fsp3) is 0.250. The predicted octanol–water partition coefficient (Wildman–Crippen LogP) is 4.02. The Morgan fingerprint density at radius 3 is 2.70 bits per heavy atom. The molecule has 0 fully saturated rings. The number of imidazole rings is 1. The topological polar surface area (TPSA) is 96.6 Å². The van der Waals surface area contributed by atoms with E-state index in [0.29, 0.717) is 30.9 Å². The zero-order valence-electron chi connectivity index (χ0n) is 18.9. The van der Waals surface area contributed by atoms with E-state index >= 15 is 0 Å². The van der Waals surface area contributed by atoms with Crippen LogP contribution in [0.1, 0.15) is 18.4 Å². The van der Waals surface area contributed by atoms with Gasteiger partial charge in [0.1, 0.15) is 5.65 Å². The molecule has 4 rings (SSSR count). The van der Waals surface area contributed by atoms with Crippen molar-refractivity contribution < 1.29 is 9.59 Å². The molecule has 0 radical (unpaired) electrons. The monoisotopic (exact) mass is 445 g/mol. The summed E-state index contributed by atoms with van der Waals surface area (Å²) in [5.41, 5.74) is 4.40. The molecule has 1 aromatic carbocycles. The highest BCUT2D eigenvalue weighted by Gasteiger charge is 2.10. The van der Waals surface area contributed by atoms with Gasteiger partial charge in [-0.3, -0.25) is 14.8 Å². The van der Waals surface area contributed by atoms with E-state index in [4.69, 9.17) is 4.98 Å². The number of carbonyl (C=O) groups is 2. The number of carbonyl (C=O) groups excluding carboxylic acids is 2. The molecule has 0 bridgehead atoms. The second-order valence-corrected chi connectivity index (χ2v) is 8.06. The van der Waals surface area contributed by atoms with E-state index in [1.165, 1.54) is 0 Å². The average Bonchev–Trinajstić information content (AvgIpc) is 3.41. The number of hydrogen-bond acceptors (Lipinski definition) is 4. The number of rotatable bonds is 7. The summed E-state index contributed by atoms with van der Waals surface area (Å²) in [5, 5.41) is 9.92. The zero-order valence-corrected chi connectivity index (χ0v) is 18.9. The average molecular weight is 446 g/mol. The van der Waals surface area contributed by atoms with Crippen molar-refractivity contribution in [2.45, 2.75) is 26.3 Å². The normalized spacial score (nSPS) is 10.9. The van der Waals surface area contributed by atoms with E-state index in [1.54, 1.807) is 35.9 Å². The van der Waals surface area contributed by atoms with Gasteiger partial charge in [0.2, 0.25) is 5.91 Å². The first-order valence-electron chi connectivity index (χ1n) is 10.8. The van der Waals surface area contributed by atoms with Gasteiger partial charge in [-0.1, -0.05) is 18.2 Å². The summed E-state index contributed by atoms with van der Waals surface area (Å²) in [7, 11) is 3.48. The van der Waals surface area contributed by atoms with Gasteiger partial charge in [-0.05, 0) is 37.1 Å². The Kier molecular flexibility index (Phi) is 6.39. The molecule has 3 heterocycles. The van der Waals surface area contributed by atoms with E-state index in [1.807, 2.05) is 60.1 Å². The summed E-state index contributed by atoms with van der Waals surface area (Å²) in [5.74, 6) is 0.527. The first-order chi connectivity index (χ1) is 15.9. The predicted molar refractivity (Wildman–Crippen MR) is 128 cm³/mol. The number of hydrogen-bond donors (Lipinski definition) is 2. The van der Waals surface area contributed by atoms with Crippen molar-refractivity contribution in [3.8, 4) is 11.3 Å². The van der Waals surface area contributed by atoms with Crippen molar-refractivity contribution >= 4 is 29.1 Å². The van der Waals surface area contributed by atoms with Gasteiger partial charge in [-0.25, -0.2) is 9.78 Å². The van der Waals surface area contributed by atoms with Crippen molar-refractivity contribution in [2.24, 2.45) is 0 Å².